The molecule has 1 aromatic heterocycles. The largest absolute Gasteiger partial charge is 0.484 e. The summed E-state index contributed by atoms with van der Waals surface area (Å²) in [5.74, 6) is -0.211. The van der Waals surface area contributed by atoms with Crippen LogP contribution in [-0.2, 0) is 6.61 Å². The predicted octanol–water partition coefficient (Wildman–Crippen LogP) is 1.85. The molecule has 0 saturated carbocycles. The average Bonchev–Trinajstić information content (AvgIpc) is 2.92. The van der Waals surface area contributed by atoms with Gasteiger partial charge in [-0.1, -0.05) is 6.07 Å². The number of ether oxygens (including phenoxy) is 1. The van der Waals surface area contributed by atoms with Gasteiger partial charge in [0.05, 0.1) is 6.10 Å². The Kier molecular flexibility index (Phi) is 5.11. The van der Waals surface area contributed by atoms with Gasteiger partial charge in [-0.25, -0.2) is 9.37 Å². The number of benzene rings is 1. The third-order valence-corrected chi connectivity index (χ3v) is 2.81. The van der Waals surface area contributed by atoms with Gasteiger partial charge >= 0.3 is 0 Å². The molecule has 118 valence electrons. The number of nitrogens with zero attached hydrogens (tertiary/aromatic N) is 2. The standard InChI is InChI=1S/C15H17FN2O4/c1-10(19)7-18(2)15(20)13-8-22-14(17-13)9-21-12-5-3-4-11(16)6-12/h3-6,8,10,19H,7,9H2,1-2H3. The smallest absolute Gasteiger partial charge is 0.275 e. The summed E-state index contributed by atoms with van der Waals surface area (Å²) < 4.78 is 23.5. The van der Waals surface area contributed by atoms with Crippen molar-refractivity contribution in [2.75, 3.05) is 13.6 Å². The molecule has 0 aliphatic carbocycles. The van der Waals surface area contributed by atoms with Crippen LogP contribution in [-0.4, -0.2) is 40.6 Å². The molecule has 2 rings (SSSR count). The van der Waals surface area contributed by atoms with E-state index >= 15 is 0 Å². The molecule has 0 bridgehead atoms. The van der Waals surface area contributed by atoms with Gasteiger partial charge in [0.15, 0.2) is 12.3 Å². The lowest BCUT2D eigenvalue weighted by Crippen LogP contribution is -2.33. The fourth-order valence-corrected chi connectivity index (χ4v) is 1.85. The van der Waals surface area contributed by atoms with E-state index in [1.165, 1.54) is 29.4 Å². The summed E-state index contributed by atoms with van der Waals surface area (Å²) >= 11 is 0. The zero-order valence-corrected chi connectivity index (χ0v) is 12.3. The van der Waals surface area contributed by atoms with E-state index in [-0.39, 0.29) is 30.6 Å². The van der Waals surface area contributed by atoms with Gasteiger partial charge in [-0.15, -0.1) is 0 Å². The summed E-state index contributed by atoms with van der Waals surface area (Å²) in [6, 6.07) is 5.69. The van der Waals surface area contributed by atoms with Crippen molar-refractivity contribution >= 4 is 5.91 Å². The molecule has 6 nitrogen and oxygen atoms in total. The van der Waals surface area contributed by atoms with Crippen LogP contribution in [0.25, 0.3) is 0 Å². The van der Waals surface area contributed by atoms with E-state index in [4.69, 9.17) is 9.15 Å². The Morgan fingerprint density at radius 1 is 1.55 bits per heavy atom. The number of oxazole rings is 1. The van der Waals surface area contributed by atoms with Gasteiger partial charge in [-0.2, -0.15) is 0 Å². The van der Waals surface area contributed by atoms with Crippen molar-refractivity contribution in [1.82, 2.24) is 9.88 Å². The number of rotatable bonds is 6. The molecule has 1 unspecified atom stereocenters. The maximum atomic E-state index is 13.0. The van der Waals surface area contributed by atoms with Crippen molar-refractivity contribution in [3.63, 3.8) is 0 Å². The summed E-state index contributed by atoms with van der Waals surface area (Å²) in [5, 5.41) is 9.27. The van der Waals surface area contributed by atoms with Crippen molar-refractivity contribution in [3.8, 4) is 5.75 Å². The van der Waals surface area contributed by atoms with E-state index in [9.17, 15) is 14.3 Å². The fourth-order valence-electron chi connectivity index (χ4n) is 1.85. The van der Waals surface area contributed by atoms with Gasteiger partial charge in [-0.05, 0) is 19.1 Å². The first-order chi connectivity index (χ1) is 10.5. The number of hydrogen-bond donors (Lipinski definition) is 1. The maximum Gasteiger partial charge on any atom is 0.275 e. The molecule has 0 fully saturated rings. The van der Waals surface area contributed by atoms with E-state index in [0.717, 1.165) is 0 Å². The third kappa shape index (κ3) is 4.29. The van der Waals surface area contributed by atoms with Crippen LogP contribution in [0.15, 0.2) is 34.9 Å². The molecule has 1 atom stereocenters. The Bertz CT molecular complexity index is 642. The van der Waals surface area contributed by atoms with Crippen molar-refractivity contribution in [3.05, 3.63) is 47.9 Å². The quantitative estimate of drug-likeness (QED) is 0.881. The first-order valence-electron chi connectivity index (χ1n) is 6.72. The summed E-state index contributed by atoms with van der Waals surface area (Å²) in [4.78, 5) is 17.4. The molecule has 7 heteroatoms. The molecule has 0 spiro atoms. The lowest BCUT2D eigenvalue weighted by atomic mass is 10.3. The minimum absolute atomic E-state index is 0.0170. The van der Waals surface area contributed by atoms with Gasteiger partial charge in [0.1, 0.15) is 17.8 Å². The minimum atomic E-state index is -0.628. The number of halogens is 1. The zero-order chi connectivity index (χ0) is 16.1. The van der Waals surface area contributed by atoms with Crippen molar-refractivity contribution in [2.45, 2.75) is 19.6 Å². The molecule has 1 heterocycles. The second-order valence-electron chi connectivity index (χ2n) is 4.91. The van der Waals surface area contributed by atoms with Gasteiger partial charge in [-0.3, -0.25) is 4.79 Å². The highest BCUT2D eigenvalue weighted by atomic mass is 19.1. The van der Waals surface area contributed by atoms with E-state index in [2.05, 4.69) is 4.98 Å². The first kappa shape index (κ1) is 16.0. The molecule has 0 saturated heterocycles. The molecule has 1 amide bonds. The Morgan fingerprint density at radius 3 is 3.00 bits per heavy atom. The normalized spacial score (nSPS) is 12.0. The highest BCUT2D eigenvalue weighted by Gasteiger charge is 2.18. The number of amides is 1. The van der Waals surface area contributed by atoms with Crippen LogP contribution in [0.4, 0.5) is 4.39 Å². The monoisotopic (exact) mass is 308 g/mol. The van der Waals surface area contributed by atoms with Gasteiger partial charge in [0.25, 0.3) is 5.91 Å². The SMILES string of the molecule is CC(O)CN(C)C(=O)c1coc(COc2cccc(F)c2)n1. The van der Waals surface area contributed by atoms with Crippen molar-refractivity contribution in [2.24, 2.45) is 0 Å². The average molecular weight is 308 g/mol. The Labute approximate surface area is 127 Å². The summed E-state index contributed by atoms with van der Waals surface area (Å²) in [6.07, 6.45) is 0.599. The van der Waals surface area contributed by atoms with Crippen LogP contribution >= 0.6 is 0 Å². The van der Waals surface area contributed by atoms with Crippen molar-refractivity contribution in [1.29, 1.82) is 0 Å². The number of carbonyl (C=O) groups is 1. The Balaban J connectivity index is 1.95. The van der Waals surface area contributed by atoms with Gasteiger partial charge in [0, 0.05) is 19.7 Å². The number of likely N-dealkylation sites (N-methyl/N-ethyl adjacent to an activating group) is 1. The molecule has 0 radical (unpaired) electrons. The van der Waals surface area contributed by atoms with E-state index < -0.39 is 11.9 Å². The van der Waals surface area contributed by atoms with Crippen LogP contribution in [0.3, 0.4) is 0 Å². The minimum Gasteiger partial charge on any atom is -0.484 e. The highest BCUT2D eigenvalue weighted by molar-refractivity contribution is 5.91. The molecule has 2 aromatic rings. The Morgan fingerprint density at radius 2 is 2.32 bits per heavy atom. The third-order valence-electron chi connectivity index (χ3n) is 2.81. The molecule has 1 aromatic carbocycles. The highest BCUT2D eigenvalue weighted by Crippen LogP contribution is 2.14. The second-order valence-corrected chi connectivity index (χ2v) is 4.91. The number of aliphatic hydroxyl groups is 1. The maximum absolute atomic E-state index is 13.0. The van der Waals surface area contributed by atoms with Crippen LogP contribution < -0.4 is 4.74 Å². The zero-order valence-electron chi connectivity index (χ0n) is 12.3. The van der Waals surface area contributed by atoms with E-state index in [1.807, 2.05) is 0 Å². The van der Waals surface area contributed by atoms with Crippen molar-refractivity contribution < 1.29 is 23.4 Å². The van der Waals surface area contributed by atoms with E-state index in [0.29, 0.717) is 5.75 Å². The number of hydrogen-bond acceptors (Lipinski definition) is 5. The number of carbonyl (C=O) groups excluding carboxylic acids is 1. The summed E-state index contributed by atoms with van der Waals surface area (Å²) in [5.41, 5.74) is 0.126. The molecule has 22 heavy (non-hydrogen) atoms. The molecular weight excluding hydrogens is 291 g/mol. The fraction of sp³-hybridized carbons (Fsp3) is 0.333. The summed E-state index contributed by atoms with van der Waals surface area (Å²) in [6.45, 7) is 1.77. The van der Waals surface area contributed by atoms with E-state index in [1.54, 1.807) is 20.0 Å². The molecular formula is C15H17FN2O4. The lowest BCUT2D eigenvalue weighted by Gasteiger charge is -2.16. The van der Waals surface area contributed by atoms with Gasteiger partial charge in [0.2, 0.25) is 5.89 Å². The Hall–Kier alpha value is -2.41. The predicted molar refractivity (Wildman–Crippen MR) is 75.9 cm³/mol. The lowest BCUT2D eigenvalue weighted by molar-refractivity contribution is 0.0698. The van der Waals surface area contributed by atoms with Gasteiger partial charge < -0.3 is 19.2 Å². The number of aromatic nitrogens is 1. The molecule has 0 aliphatic heterocycles. The first-order valence-corrected chi connectivity index (χ1v) is 6.72. The van der Waals surface area contributed by atoms with Crippen LogP contribution in [0.2, 0.25) is 0 Å². The number of aliphatic hydroxyl groups excluding tert-OH is 1. The van der Waals surface area contributed by atoms with Crippen LogP contribution in [0.1, 0.15) is 23.3 Å². The molecule has 1 N–H and O–H groups in total. The topological polar surface area (TPSA) is 75.8 Å². The van der Waals surface area contributed by atoms with Crippen LogP contribution in [0, 0.1) is 5.82 Å². The summed E-state index contributed by atoms with van der Waals surface area (Å²) in [7, 11) is 1.56. The van der Waals surface area contributed by atoms with Crippen LogP contribution in [0.5, 0.6) is 5.75 Å². The molecule has 0 aliphatic rings. The second kappa shape index (κ2) is 7.04.